The summed E-state index contributed by atoms with van der Waals surface area (Å²) in [6, 6.07) is 0.296. The Balaban J connectivity index is 1.39. The molecule has 0 bridgehead atoms. The highest BCUT2D eigenvalue weighted by Gasteiger charge is 2.35. The number of likely N-dealkylation sites (tertiary alicyclic amines) is 2. The molecule has 180 valence electrons. The van der Waals surface area contributed by atoms with E-state index in [0.29, 0.717) is 37.7 Å². The van der Waals surface area contributed by atoms with Crippen LogP contribution in [0.1, 0.15) is 43.7 Å². The summed E-state index contributed by atoms with van der Waals surface area (Å²) in [5, 5.41) is 10.1. The molecule has 2 fully saturated rings. The SMILES string of the molecule is CN1CCC(n2cc(Nc3ncc(C(F)(F)F)c(NCCCN4CCCC4=O)n3)cn2)CC1. The molecule has 0 aromatic carbocycles. The van der Waals surface area contributed by atoms with E-state index >= 15 is 0 Å². The van der Waals surface area contributed by atoms with Crippen LogP contribution in [0.3, 0.4) is 0 Å². The van der Waals surface area contributed by atoms with E-state index in [9.17, 15) is 18.0 Å². The number of piperidine rings is 1. The zero-order chi connectivity index (χ0) is 23.4. The van der Waals surface area contributed by atoms with Gasteiger partial charge in [0.2, 0.25) is 11.9 Å². The highest BCUT2D eigenvalue weighted by atomic mass is 19.4. The second kappa shape index (κ2) is 9.94. The van der Waals surface area contributed by atoms with Crippen molar-refractivity contribution in [2.45, 2.75) is 44.3 Å². The molecule has 2 aliphatic heterocycles. The lowest BCUT2D eigenvalue weighted by Crippen LogP contribution is -2.31. The Hall–Kier alpha value is -2.89. The number of anilines is 3. The maximum atomic E-state index is 13.4. The molecule has 2 aromatic rings. The van der Waals surface area contributed by atoms with Gasteiger partial charge >= 0.3 is 6.18 Å². The number of nitrogens with zero attached hydrogens (tertiary/aromatic N) is 6. The highest BCUT2D eigenvalue weighted by molar-refractivity contribution is 5.78. The number of carbonyl (C=O) groups is 1. The number of aromatic nitrogens is 4. The molecule has 2 aliphatic rings. The number of halogens is 3. The average Bonchev–Trinajstić information content (AvgIpc) is 3.40. The van der Waals surface area contributed by atoms with Crippen LogP contribution in [0.15, 0.2) is 18.6 Å². The molecule has 0 radical (unpaired) electrons. The first-order valence-corrected chi connectivity index (χ1v) is 11.3. The van der Waals surface area contributed by atoms with E-state index in [2.05, 4.69) is 37.6 Å². The average molecular weight is 467 g/mol. The van der Waals surface area contributed by atoms with Crippen LogP contribution in [0.4, 0.5) is 30.6 Å². The summed E-state index contributed by atoms with van der Waals surface area (Å²) in [4.78, 5) is 23.6. The number of carbonyl (C=O) groups excluding carboxylic acids is 1. The van der Waals surface area contributed by atoms with E-state index in [1.807, 2.05) is 10.9 Å². The van der Waals surface area contributed by atoms with Gasteiger partial charge < -0.3 is 20.4 Å². The second-order valence-corrected chi connectivity index (χ2v) is 8.59. The van der Waals surface area contributed by atoms with E-state index in [0.717, 1.165) is 38.5 Å². The summed E-state index contributed by atoms with van der Waals surface area (Å²) in [5.74, 6) is -0.126. The molecule has 0 aliphatic carbocycles. The fourth-order valence-electron chi connectivity index (χ4n) is 4.19. The Morgan fingerprint density at radius 1 is 1.18 bits per heavy atom. The topological polar surface area (TPSA) is 91.2 Å². The monoisotopic (exact) mass is 466 g/mol. The minimum absolute atomic E-state index is 0.0585. The van der Waals surface area contributed by atoms with Gasteiger partial charge in [-0.25, -0.2) is 4.98 Å². The smallest absolute Gasteiger partial charge is 0.369 e. The van der Waals surface area contributed by atoms with Gasteiger partial charge in [0.15, 0.2) is 0 Å². The maximum absolute atomic E-state index is 13.4. The number of hydrogen-bond acceptors (Lipinski definition) is 7. The van der Waals surface area contributed by atoms with Gasteiger partial charge in [-0.1, -0.05) is 0 Å². The summed E-state index contributed by atoms with van der Waals surface area (Å²) in [6.45, 7) is 3.48. The van der Waals surface area contributed by atoms with Gasteiger partial charge in [0.25, 0.3) is 0 Å². The third kappa shape index (κ3) is 5.92. The van der Waals surface area contributed by atoms with Gasteiger partial charge in [0, 0.05) is 38.4 Å². The van der Waals surface area contributed by atoms with Crippen molar-refractivity contribution in [1.82, 2.24) is 29.5 Å². The van der Waals surface area contributed by atoms with Crippen molar-refractivity contribution in [2.75, 3.05) is 50.4 Å². The van der Waals surface area contributed by atoms with Crippen molar-refractivity contribution < 1.29 is 18.0 Å². The maximum Gasteiger partial charge on any atom is 0.421 e. The third-order valence-corrected chi connectivity index (χ3v) is 6.08. The summed E-state index contributed by atoms with van der Waals surface area (Å²) >= 11 is 0. The van der Waals surface area contributed by atoms with E-state index < -0.39 is 11.7 Å². The van der Waals surface area contributed by atoms with E-state index in [1.165, 1.54) is 0 Å². The number of amides is 1. The first-order chi connectivity index (χ1) is 15.8. The molecule has 9 nitrogen and oxygen atoms in total. The van der Waals surface area contributed by atoms with Crippen molar-refractivity contribution in [3.8, 4) is 0 Å². The second-order valence-electron chi connectivity index (χ2n) is 8.59. The number of alkyl halides is 3. The molecule has 33 heavy (non-hydrogen) atoms. The highest BCUT2D eigenvalue weighted by Crippen LogP contribution is 2.34. The normalized spacial score (nSPS) is 18.2. The van der Waals surface area contributed by atoms with Gasteiger partial charge in [-0.15, -0.1) is 0 Å². The Kier molecular flexibility index (Phi) is 7.01. The molecule has 0 unspecified atom stereocenters. The minimum Gasteiger partial charge on any atom is -0.369 e. The van der Waals surface area contributed by atoms with Gasteiger partial charge in [0.05, 0.1) is 17.9 Å². The van der Waals surface area contributed by atoms with Crippen LogP contribution >= 0.6 is 0 Å². The predicted molar refractivity (Wildman–Crippen MR) is 117 cm³/mol. The Morgan fingerprint density at radius 3 is 2.67 bits per heavy atom. The van der Waals surface area contributed by atoms with Crippen LogP contribution in [-0.2, 0) is 11.0 Å². The molecule has 12 heteroatoms. The van der Waals surface area contributed by atoms with Crippen molar-refractivity contribution >= 4 is 23.4 Å². The van der Waals surface area contributed by atoms with E-state index in [-0.39, 0.29) is 24.2 Å². The van der Waals surface area contributed by atoms with E-state index in [1.54, 1.807) is 11.1 Å². The fourth-order valence-corrected chi connectivity index (χ4v) is 4.19. The largest absolute Gasteiger partial charge is 0.421 e. The molecular formula is C21H29F3N8O. The summed E-state index contributed by atoms with van der Waals surface area (Å²) in [7, 11) is 2.09. The Labute approximate surface area is 190 Å². The zero-order valence-electron chi connectivity index (χ0n) is 18.6. The van der Waals surface area contributed by atoms with Crippen LogP contribution in [-0.4, -0.2) is 75.2 Å². The lowest BCUT2D eigenvalue weighted by Gasteiger charge is -2.28. The number of hydrogen-bond donors (Lipinski definition) is 2. The summed E-state index contributed by atoms with van der Waals surface area (Å²) < 4.78 is 42.2. The van der Waals surface area contributed by atoms with Crippen LogP contribution in [0.2, 0.25) is 0 Å². The van der Waals surface area contributed by atoms with Crippen LogP contribution in [0, 0.1) is 0 Å². The lowest BCUT2D eigenvalue weighted by atomic mass is 10.1. The predicted octanol–water partition coefficient (Wildman–Crippen LogP) is 3.13. The molecular weight excluding hydrogens is 437 g/mol. The van der Waals surface area contributed by atoms with Crippen molar-refractivity contribution in [3.63, 3.8) is 0 Å². The van der Waals surface area contributed by atoms with Crippen molar-refractivity contribution in [2.24, 2.45) is 0 Å². The zero-order valence-corrected chi connectivity index (χ0v) is 18.6. The minimum atomic E-state index is -4.58. The number of rotatable bonds is 8. The summed E-state index contributed by atoms with van der Waals surface area (Å²) in [6.07, 6.45) is 3.54. The van der Waals surface area contributed by atoms with Gasteiger partial charge in [-0.05, 0) is 45.8 Å². The van der Waals surface area contributed by atoms with Gasteiger partial charge in [-0.2, -0.15) is 23.3 Å². The Morgan fingerprint density at radius 2 is 1.97 bits per heavy atom. The molecule has 0 saturated carbocycles. The van der Waals surface area contributed by atoms with Crippen molar-refractivity contribution in [1.29, 1.82) is 0 Å². The van der Waals surface area contributed by atoms with E-state index in [4.69, 9.17) is 0 Å². The molecule has 0 spiro atoms. The molecule has 1 amide bonds. The molecule has 4 rings (SSSR count). The summed E-state index contributed by atoms with van der Waals surface area (Å²) in [5.41, 5.74) is -0.306. The molecule has 2 N–H and O–H groups in total. The van der Waals surface area contributed by atoms with Crippen LogP contribution in [0.25, 0.3) is 0 Å². The quantitative estimate of drug-likeness (QED) is 0.578. The van der Waals surface area contributed by atoms with Gasteiger partial charge in [0.1, 0.15) is 11.4 Å². The van der Waals surface area contributed by atoms with Crippen LogP contribution < -0.4 is 10.6 Å². The third-order valence-electron chi connectivity index (χ3n) is 6.08. The number of nitrogens with one attached hydrogen (secondary N) is 2. The first kappa shape index (κ1) is 23.3. The van der Waals surface area contributed by atoms with Crippen LogP contribution in [0.5, 0.6) is 0 Å². The lowest BCUT2D eigenvalue weighted by molar-refractivity contribution is -0.137. The first-order valence-electron chi connectivity index (χ1n) is 11.3. The van der Waals surface area contributed by atoms with Gasteiger partial charge in [-0.3, -0.25) is 9.48 Å². The Bertz CT molecular complexity index is 955. The molecule has 2 saturated heterocycles. The molecule has 0 atom stereocenters. The van der Waals surface area contributed by atoms with Crippen molar-refractivity contribution in [3.05, 3.63) is 24.2 Å². The molecule has 4 heterocycles. The standard InChI is InChI=1S/C21H29F3N8O/c1-30-10-5-16(6-11-30)32-14-15(12-27-32)28-20-26-13-17(21(22,23)24)19(29-20)25-7-3-9-31-8-2-4-18(31)33/h12-14,16H,2-11H2,1H3,(H2,25,26,28,29). The molecule has 2 aromatic heterocycles. The fraction of sp³-hybridized carbons (Fsp3) is 0.619.